The summed E-state index contributed by atoms with van der Waals surface area (Å²) in [4.78, 5) is 8.44. The van der Waals surface area contributed by atoms with Crippen molar-refractivity contribution in [3.63, 3.8) is 0 Å². The van der Waals surface area contributed by atoms with E-state index in [4.69, 9.17) is 0 Å². The minimum absolute atomic E-state index is 0. The molecule has 1 aromatic heterocycles. The SMILES string of the molecule is C[C@@H]1CN(Cc2ncc(C(C)(C)C)s2)CCN1.Cl. The summed E-state index contributed by atoms with van der Waals surface area (Å²) in [5, 5.41) is 4.72. The molecule has 1 aliphatic rings. The highest BCUT2D eigenvalue weighted by atomic mass is 35.5. The first-order chi connectivity index (χ1) is 7.95. The fourth-order valence-electron chi connectivity index (χ4n) is 2.08. The number of piperazine rings is 1. The number of thiazole rings is 1. The Morgan fingerprint density at radius 3 is 2.78 bits per heavy atom. The second-order valence-electron chi connectivity index (χ2n) is 5.96. The fourth-order valence-corrected chi connectivity index (χ4v) is 3.10. The monoisotopic (exact) mass is 289 g/mol. The lowest BCUT2D eigenvalue weighted by Gasteiger charge is -2.31. The Morgan fingerprint density at radius 2 is 2.22 bits per heavy atom. The third-order valence-electron chi connectivity index (χ3n) is 3.10. The van der Waals surface area contributed by atoms with Gasteiger partial charge in [0.1, 0.15) is 5.01 Å². The Balaban J connectivity index is 0.00000162. The molecule has 1 saturated heterocycles. The molecule has 0 aromatic carbocycles. The van der Waals surface area contributed by atoms with E-state index in [9.17, 15) is 0 Å². The van der Waals surface area contributed by atoms with E-state index in [2.05, 4.69) is 42.9 Å². The fraction of sp³-hybridized carbons (Fsp3) is 0.769. The summed E-state index contributed by atoms with van der Waals surface area (Å²) in [5.74, 6) is 0. The minimum Gasteiger partial charge on any atom is -0.312 e. The predicted molar refractivity (Wildman–Crippen MR) is 80.8 cm³/mol. The van der Waals surface area contributed by atoms with Crippen LogP contribution in [-0.2, 0) is 12.0 Å². The van der Waals surface area contributed by atoms with Crippen LogP contribution in [0.3, 0.4) is 0 Å². The van der Waals surface area contributed by atoms with Gasteiger partial charge in [0, 0.05) is 36.8 Å². The van der Waals surface area contributed by atoms with E-state index < -0.39 is 0 Å². The van der Waals surface area contributed by atoms with E-state index in [0.29, 0.717) is 6.04 Å². The molecule has 2 rings (SSSR count). The summed E-state index contributed by atoms with van der Waals surface area (Å²) in [6.07, 6.45) is 2.05. The third kappa shape index (κ3) is 4.19. The molecule has 1 fully saturated rings. The van der Waals surface area contributed by atoms with Crippen molar-refractivity contribution in [3.05, 3.63) is 16.1 Å². The number of hydrogen-bond donors (Lipinski definition) is 1. The zero-order valence-electron chi connectivity index (χ0n) is 11.7. The van der Waals surface area contributed by atoms with Crippen molar-refractivity contribution in [3.8, 4) is 0 Å². The lowest BCUT2D eigenvalue weighted by Crippen LogP contribution is -2.48. The van der Waals surface area contributed by atoms with Gasteiger partial charge in [-0.15, -0.1) is 23.7 Å². The molecule has 2 heterocycles. The quantitative estimate of drug-likeness (QED) is 0.907. The lowest BCUT2D eigenvalue weighted by molar-refractivity contribution is 0.199. The summed E-state index contributed by atoms with van der Waals surface area (Å²) < 4.78 is 0. The Hall–Kier alpha value is -0.160. The number of rotatable bonds is 2. The van der Waals surface area contributed by atoms with Crippen LogP contribution in [0.4, 0.5) is 0 Å². The second kappa shape index (κ2) is 6.33. The van der Waals surface area contributed by atoms with Crippen LogP contribution in [0.15, 0.2) is 6.20 Å². The molecule has 0 radical (unpaired) electrons. The minimum atomic E-state index is 0. The number of halogens is 1. The van der Waals surface area contributed by atoms with Crippen molar-refractivity contribution in [1.29, 1.82) is 0 Å². The summed E-state index contributed by atoms with van der Waals surface area (Å²) in [5.41, 5.74) is 0.229. The molecule has 5 heteroatoms. The van der Waals surface area contributed by atoms with Crippen LogP contribution in [-0.4, -0.2) is 35.6 Å². The topological polar surface area (TPSA) is 28.2 Å². The van der Waals surface area contributed by atoms with Crippen molar-refractivity contribution in [2.75, 3.05) is 19.6 Å². The van der Waals surface area contributed by atoms with Gasteiger partial charge in [-0.2, -0.15) is 0 Å². The van der Waals surface area contributed by atoms with Crippen LogP contribution in [0, 0.1) is 0 Å². The molecule has 0 saturated carbocycles. The second-order valence-corrected chi connectivity index (χ2v) is 7.07. The van der Waals surface area contributed by atoms with E-state index in [-0.39, 0.29) is 17.8 Å². The maximum atomic E-state index is 4.56. The van der Waals surface area contributed by atoms with Gasteiger partial charge in [-0.25, -0.2) is 4.98 Å². The smallest absolute Gasteiger partial charge is 0.107 e. The molecular formula is C13H24ClN3S. The highest BCUT2D eigenvalue weighted by Gasteiger charge is 2.20. The molecule has 18 heavy (non-hydrogen) atoms. The molecule has 0 aliphatic carbocycles. The Labute approximate surface area is 120 Å². The van der Waals surface area contributed by atoms with Crippen molar-refractivity contribution in [1.82, 2.24) is 15.2 Å². The highest BCUT2D eigenvalue weighted by Crippen LogP contribution is 2.28. The van der Waals surface area contributed by atoms with Gasteiger partial charge in [0.2, 0.25) is 0 Å². The van der Waals surface area contributed by atoms with Crippen LogP contribution in [0.1, 0.15) is 37.6 Å². The van der Waals surface area contributed by atoms with Gasteiger partial charge in [-0.3, -0.25) is 4.90 Å². The number of aromatic nitrogens is 1. The molecule has 0 spiro atoms. The van der Waals surface area contributed by atoms with Gasteiger partial charge in [0.25, 0.3) is 0 Å². The number of nitrogens with zero attached hydrogens (tertiary/aromatic N) is 2. The van der Waals surface area contributed by atoms with Gasteiger partial charge in [0.15, 0.2) is 0 Å². The zero-order valence-corrected chi connectivity index (χ0v) is 13.3. The Bertz CT molecular complexity index is 373. The first kappa shape index (κ1) is 15.9. The van der Waals surface area contributed by atoms with E-state index in [1.54, 1.807) is 0 Å². The molecule has 104 valence electrons. The maximum absolute atomic E-state index is 4.56. The summed E-state index contributed by atoms with van der Waals surface area (Å²) in [7, 11) is 0. The van der Waals surface area contributed by atoms with Gasteiger partial charge in [-0.05, 0) is 12.3 Å². The van der Waals surface area contributed by atoms with E-state index >= 15 is 0 Å². The van der Waals surface area contributed by atoms with Crippen LogP contribution in [0.2, 0.25) is 0 Å². The molecular weight excluding hydrogens is 266 g/mol. The van der Waals surface area contributed by atoms with Gasteiger partial charge in [0.05, 0.1) is 6.54 Å². The van der Waals surface area contributed by atoms with Crippen LogP contribution < -0.4 is 5.32 Å². The van der Waals surface area contributed by atoms with Crippen molar-refractivity contribution >= 4 is 23.7 Å². The molecule has 0 bridgehead atoms. The van der Waals surface area contributed by atoms with Gasteiger partial charge >= 0.3 is 0 Å². The van der Waals surface area contributed by atoms with Crippen molar-refractivity contribution < 1.29 is 0 Å². The normalized spacial score (nSPS) is 21.7. The number of nitrogens with one attached hydrogen (secondary N) is 1. The van der Waals surface area contributed by atoms with Crippen LogP contribution >= 0.6 is 23.7 Å². The predicted octanol–water partition coefficient (Wildman–Crippen LogP) is 2.66. The first-order valence-electron chi connectivity index (χ1n) is 6.36. The molecule has 1 N–H and O–H groups in total. The molecule has 1 atom stereocenters. The lowest BCUT2D eigenvalue weighted by atomic mass is 9.96. The standard InChI is InChI=1S/C13H23N3S.ClH/c1-10-8-16(6-5-14-10)9-12-15-7-11(17-12)13(2,3)4;/h7,10,14H,5-6,8-9H2,1-4H3;1H/t10-;/m1./s1. The zero-order chi connectivity index (χ0) is 12.5. The van der Waals surface area contributed by atoms with Gasteiger partial charge < -0.3 is 5.32 Å². The average Bonchev–Trinajstić information content (AvgIpc) is 2.65. The summed E-state index contributed by atoms with van der Waals surface area (Å²) in [6, 6.07) is 0.603. The largest absolute Gasteiger partial charge is 0.312 e. The van der Waals surface area contributed by atoms with Crippen LogP contribution in [0.25, 0.3) is 0 Å². The first-order valence-corrected chi connectivity index (χ1v) is 7.18. The van der Waals surface area contributed by atoms with E-state index in [0.717, 1.165) is 26.2 Å². The number of hydrogen-bond acceptors (Lipinski definition) is 4. The molecule has 1 aliphatic heterocycles. The third-order valence-corrected chi connectivity index (χ3v) is 4.51. The van der Waals surface area contributed by atoms with Gasteiger partial charge in [-0.1, -0.05) is 20.8 Å². The van der Waals surface area contributed by atoms with Crippen molar-refractivity contribution in [2.24, 2.45) is 0 Å². The van der Waals surface area contributed by atoms with E-state index in [1.807, 2.05) is 17.5 Å². The van der Waals surface area contributed by atoms with E-state index in [1.165, 1.54) is 9.88 Å². The molecule has 1 aromatic rings. The molecule has 0 amide bonds. The van der Waals surface area contributed by atoms with Crippen molar-refractivity contribution in [2.45, 2.75) is 45.7 Å². The molecule has 0 unspecified atom stereocenters. The average molecular weight is 290 g/mol. The summed E-state index contributed by atoms with van der Waals surface area (Å²) in [6.45, 7) is 13.4. The maximum Gasteiger partial charge on any atom is 0.107 e. The highest BCUT2D eigenvalue weighted by molar-refractivity contribution is 7.11. The Morgan fingerprint density at radius 1 is 1.50 bits per heavy atom. The molecule has 3 nitrogen and oxygen atoms in total. The van der Waals surface area contributed by atoms with Crippen LogP contribution in [0.5, 0.6) is 0 Å². The Kier molecular flexibility index (Phi) is 5.59. The summed E-state index contributed by atoms with van der Waals surface area (Å²) >= 11 is 1.86.